The summed E-state index contributed by atoms with van der Waals surface area (Å²) in [5.41, 5.74) is 0. The van der Waals surface area contributed by atoms with E-state index in [0.717, 1.165) is 12.8 Å². The van der Waals surface area contributed by atoms with Crippen LogP contribution in [0.4, 0.5) is 0 Å². The Balaban J connectivity index is 1.99. The SMILES string of the molecule is O=C1CC(=O)[C@H](C2CCCCC2)N1. The molecule has 1 saturated carbocycles. The number of amides is 1. The third kappa shape index (κ3) is 1.74. The standard InChI is InChI=1S/C10H15NO2/c12-8-6-9(13)11-10(8)7-4-2-1-3-5-7/h7,10H,1-6H2,(H,11,13)/t10-/m0/s1. The normalized spacial score (nSPS) is 30.6. The number of ketones is 1. The van der Waals surface area contributed by atoms with Gasteiger partial charge in [-0.1, -0.05) is 19.3 Å². The summed E-state index contributed by atoms with van der Waals surface area (Å²) in [5, 5.41) is 2.78. The van der Waals surface area contributed by atoms with Gasteiger partial charge >= 0.3 is 0 Å². The fraction of sp³-hybridized carbons (Fsp3) is 0.800. The minimum atomic E-state index is -0.146. The van der Waals surface area contributed by atoms with Crippen LogP contribution in [-0.4, -0.2) is 17.7 Å². The lowest BCUT2D eigenvalue weighted by atomic mass is 9.83. The molecule has 0 aromatic carbocycles. The lowest BCUT2D eigenvalue weighted by Gasteiger charge is -2.25. The molecule has 0 aromatic heterocycles. The molecule has 2 fully saturated rings. The van der Waals surface area contributed by atoms with Crippen molar-refractivity contribution in [1.82, 2.24) is 5.32 Å². The quantitative estimate of drug-likeness (QED) is 0.614. The van der Waals surface area contributed by atoms with Gasteiger partial charge in [-0.15, -0.1) is 0 Å². The Morgan fingerprint density at radius 3 is 2.31 bits per heavy atom. The summed E-state index contributed by atoms with van der Waals surface area (Å²) in [4.78, 5) is 22.4. The van der Waals surface area contributed by atoms with Crippen LogP contribution < -0.4 is 5.32 Å². The van der Waals surface area contributed by atoms with Gasteiger partial charge in [-0.2, -0.15) is 0 Å². The van der Waals surface area contributed by atoms with Crippen molar-refractivity contribution in [2.24, 2.45) is 5.92 Å². The number of nitrogens with one attached hydrogen (secondary N) is 1. The van der Waals surface area contributed by atoms with E-state index in [-0.39, 0.29) is 24.2 Å². The van der Waals surface area contributed by atoms with Gasteiger partial charge in [0.05, 0.1) is 12.5 Å². The fourth-order valence-electron chi connectivity index (χ4n) is 2.42. The molecule has 0 bridgehead atoms. The van der Waals surface area contributed by atoms with Crippen LogP contribution in [0.5, 0.6) is 0 Å². The molecule has 3 heteroatoms. The van der Waals surface area contributed by atoms with E-state index >= 15 is 0 Å². The number of hydrogen-bond acceptors (Lipinski definition) is 2. The molecule has 1 heterocycles. The zero-order valence-corrected chi connectivity index (χ0v) is 7.71. The minimum absolute atomic E-state index is 0.0828. The molecule has 0 unspecified atom stereocenters. The van der Waals surface area contributed by atoms with Crippen molar-refractivity contribution in [1.29, 1.82) is 0 Å². The molecule has 1 saturated heterocycles. The first-order valence-corrected chi connectivity index (χ1v) is 5.09. The molecule has 0 radical (unpaired) electrons. The van der Waals surface area contributed by atoms with E-state index in [0.29, 0.717) is 5.92 Å². The third-order valence-corrected chi connectivity index (χ3v) is 3.12. The molecule has 3 nitrogen and oxygen atoms in total. The Morgan fingerprint density at radius 2 is 1.77 bits per heavy atom. The molecule has 1 aliphatic carbocycles. The van der Waals surface area contributed by atoms with Gasteiger partial charge in [0.2, 0.25) is 5.91 Å². The zero-order valence-electron chi connectivity index (χ0n) is 7.71. The Kier molecular flexibility index (Phi) is 2.34. The average molecular weight is 181 g/mol. The van der Waals surface area contributed by atoms with E-state index in [4.69, 9.17) is 0 Å². The van der Waals surface area contributed by atoms with Gasteiger partial charge in [0, 0.05) is 0 Å². The second-order valence-electron chi connectivity index (χ2n) is 4.09. The van der Waals surface area contributed by atoms with Gasteiger partial charge in [0.1, 0.15) is 0 Å². The highest BCUT2D eigenvalue weighted by Crippen LogP contribution is 2.28. The molecule has 13 heavy (non-hydrogen) atoms. The van der Waals surface area contributed by atoms with Gasteiger partial charge < -0.3 is 5.32 Å². The van der Waals surface area contributed by atoms with Gasteiger partial charge in [-0.3, -0.25) is 9.59 Å². The van der Waals surface area contributed by atoms with E-state index < -0.39 is 0 Å². The summed E-state index contributed by atoms with van der Waals surface area (Å²) in [6.45, 7) is 0. The first-order chi connectivity index (χ1) is 6.27. The van der Waals surface area contributed by atoms with Gasteiger partial charge in [-0.25, -0.2) is 0 Å². The van der Waals surface area contributed by atoms with Crippen LogP contribution in [0, 0.1) is 5.92 Å². The smallest absolute Gasteiger partial charge is 0.228 e. The molecular formula is C10H15NO2. The van der Waals surface area contributed by atoms with E-state index in [9.17, 15) is 9.59 Å². The highest BCUT2D eigenvalue weighted by atomic mass is 16.2. The van der Waals surface area contributed by atoms with Crippen LogP contribution in [0.3, 0.4) is 0 Å². The van der Waals surface area contributed by atoms with Crippen LogP contribution >= 0.6 is 0 Å². The number of carbonyl (C=O) groups excluding carboxylic acids is 2. The molecular weight excluding hydrogens is 166 g/mol. The number of Topliss-reactive ketones (excluding diaryl/α,β-unsaturated/α-hetero) is 1. The number of hydrogen-bond donors (Lipinski definition) is 1. The lowest BCUT2D eigenvalue weighted by molar-refractivity contribution is -0.122. The summed E-state index contributed by atoms with van der Waals surface area (Å²) in [7, 11) is 0. The van der Waals surface area contributed by atoms with E-state index in [1.807, 2.05) is 0 Å². The molecule has 0 spiro atoms. The Hall–Kier alpha value is -0.860. The monoisotopic (exact) mass is 181 g/mol. The van der Waals surface area contributed by atoms with Crippen molar-refractivity contribution in [3.05, 3.63) is 0 Å². The second-order valence-corrected chi connectivity index (χ2v) is 4.09. The van der Waals surface area contributed by atoms with E-state index in [1.165, 1.54) is 19.3 Å². The summed E-state index contributed by atoms with van der Waals surface area (Å²) < 4.78 is 0. The minimum Gasteiger partial charge on any atom is -0.346 e. The predicted octanol–water partition coefficient (Wildman–Crippen LogP) is 1.02. The molecule has 1 amide bonds. The molecule has 1 aliphatic heterocycles. The van der Waals surface area contributed by atoms with Crippen molar-refractivity contribution in [2.75, 3.05) is 0 Å². The van der Waals surface area contributed by atoms with Crippen molar-refractivity contribution in [2.45, 2.75) is 44.6 Å². The molecule has 2 rings (SSSR count). The van der Waals surface area contributed by atoms with Crippen molar-refractivity contribution < 1.29 is 9.59 Å². The lowest BCUT2D eigenvalue weighted by Crippen LogP contribution is -2.37. The Morgan fingerprint density at radius 1 is 1.08 bits per heavy atom. The van der Waals surface area contributed by atoms with Gasteiger partial charge in [0.25, 0.3) is 0 Å². The van der Waals surface area contributed by atoms with Crippen molar-refractivity contribution in [3.63, 3.8) is 0 Å². The molecule has 0 aromatic rings. The van der Waals surface area contributed by atoms with Crippen LogP contribution in [0.25, 0.3) is 0 Å². The average Bonchev–Trinajstić information content (AvgIpc) is 2.47. The van der Waals surface area contributed by atoms with Gasteiger partial charge in [-0.05, 0) is 18.8 Å². The summed E-state index contributed by atoms with van der Waals surface area (Å²) in [5.74, 6) is 0.449. The molecule has 1 N–H and O–H groups in total. The molecule has 2 aliphatic rings. The Labute approximate surface area is 77.9 Å². The number of carbonyl (C=O) groups is 2. The molecule has 1 atom stereocenters. The Bertz CT molecular complexity index is 231. The maximum absolute atomic E-state index is 11.4. The van der Waals surface area contributed by atoms with Crippen molar-refractivity contribution in [3.8, 4) is 0 Å². The topological polar surface area (TPSA) is 46.2 Å². The maximum atomic E-state index is 11.4. The first kappa shape index (κ1) is 8.73. The zero-order chi connectivity index (χ0) is 9.26. The fourth-order valence-corrected chi connectivity index (χ4v) is 2.42. The maximum Gasteiger partial charge on any atom is 0.228 e. The van der Waals surface area contributed by atoms with Crippen LogP contribution in [-0.2, 0) is 9.59 Å². The predicted molar refractivity (Wildman–Crippen MR) is 48.1 cm³/mol. The van der Waals surface area contributed by atoms with E-state index in [1.54, 1.807) is 0 Å². The summed E-state index contributed by atoms with van der Waals surface area (Å²) >= 11 is 0. The highest BCUT2D eigenvalue weighted by Gasteiger charge is 2.36. The van der Waals surface area contributed by atoms with Gasteiger partial charge in [0.15, 0.2) is 5.78 Å². The van der Waals surface area contributed by atoms with Crippen molar-refractivity contribution >= 4 is 11.7 Å². The summed E-state index contributed by atoms with van der Waals surface area (Å²) in [6.07, 6.45) is 6.04. The highest BCUT2D eigenvalue weighted by molar-refractivity contribution is 6.07. The number of rotatable bonds is 1. The largest absolute Gasteiger partial charge is 0.346 e. The van der Waals surface area contributed by atoms with Crippen LogP contribution in [0.15, 0.2) is 0 Å². The first-order valence-electron chi connectivity index (χ1n) is 5.09. The summed E-state index contributed by atoms with van der Waals surface area (Å²) in [6, 6.07) is -0.146. The molecule has 72 valence electrons. The van der Waals surface area contributed by atoms with Crippen LogP contribution in [0.2, 0.25) is 0 Å². The third-order valence-electron chi connectivity index (χ3n) is 3.12. The van der Waals surface area contributed by atoms with Crippen LogP contribution in [0.1, 0.15) is 38.5 Å². The second kappa shape index (κ2) is 3.48. The van der Waals surface area contributed by atoms with E-state index in [2.05, 4.69) is 5.32 Å².